The van der Waals surface area contributed by atoms with Gasteiger partial charge in [-0.2, -0.15) is 30.3 Å². The largest absolute Gasteiger partial charge is 2.00 e. The molecular formula is C25H21FeN3. The van der Waals surface area contributed by atoms with Gasteiger partial charge in [0.15, 0.2) is 0 Å². The molecule has 0 amide bonds. The molecule has 0 unspecified atom stereocenters. The number of benzene rings is 1. The smallest absolute Gasteiger partial charge is 0.293 e. The van der Waals surface area contributed by atoms with E-state index in [9.17, 15) is 0 Å². The van der Waals surface area contributed by atoms with Crippen LogP contribution in [0.25, 0.3) is 28.5 Å². The predicted molar refractivity (Wildman–Crippen MR) is 115 cm³/mol. The summed E-state index contributed by atoms with van der Waals surface area (Å²) in [6, 6.07) is 32.6. The summed E-state index contributed by atoms with van der Waals surface area (Å²) < 4.78 is 1.93. The molecule has 0 bridgehead atoms. The minimum Gasteiger partial charge on any atom is -0.293 e. The molecule has 0 saturated carbocycles. The van der Waals surface area contributed by atoms with Gasteiger partial charge in [-0.05, 0) is 30.3 Å². The van der Waals surface area contributed by atoms with Crippen molar-refractivity contribution >= 4 is 0 Å². The molecule has 5 rings (SSSR count). The topological polar surface area (TPSA) is 30.7 Å². The second kappa shape index (κ2) is 9.83. The minimum atomic E-state index is 0. The molecule has 3 aromatic carbocycles. The third-order valence-corrected chi connectivity index (χ3v) is 4.41. The zero-order valence-electron chi connectivity index (χ0n) is 16.1. The van der Waals surface area contributed by atoms with Crippen LogP contribution in [0, 0.1) is 6.92 Å². The molecule has 4 heteroatoms. The molecule has 0 fully saturated rings. The molecule has 0 N–H and O–H groups in total. The Kier molecular flexibility index (Phi) is 6.96. The summed E-state index contributed by atoms with van der Waals surface area (Å²) in [6.45, 7) is 2.09. The van der Waals surface area contributed by atoms with Crippen LogP contribution in [0.4, 0.5) is 0 Å². The molecule has 0 aliphatic carbocycles. The number of hydrogen-bond donors (Lipinski definition) is 0. The zero-order chi connectivity index (χ0) is 19.2. The van der Waals surface area contributed by atoms with Crippen molar-refractivity contribution in [2.45, 2.75) is 6.92 Å². The summed E-state index contributed by atoms with van der Waals surface area (Å²) in [7, 11) is 0. The Hall–Kier alpha value is -3.20. The van der Waals surface area contributed by atoms with E-state index in [0.717, 1.165) is 22.5 Å². The van der Waals surface area contributed by atoms with Crippen molar-refractivity contribution in [1.82, 2.24) is 14.5 Å². The second-order valence-electron chi connectivity index (χ2n) is 6.53. The zero-order valence-corrected chi connectivity index (χ0v) is 17.2. The molecule has 2 heterocycles. The first-order valence-electron chi connectivity index (χ1n) is 9.28. The van der Waals surface area contributed by atoms with Crippen LogP contribution in [-0.2, 0) is 17.1 Å². The maximum atomic E-state index is 4.74. The van der Waals surface area contributed by atoms with Gasteiger partial charge in [-0.3, -0.25) is 4.57 Å². The number of nitrogens with zero attached hydrogens (tertiary/aromatic N) is 3. The van der Waals surface area contributed by atoms with E-state index in [0.29, 0.717) is 5.95 Å². The van der Waals surface area contributed by atoms with Crippen LogP contribution < -0.4 is 0 Å². The monoisotopic (exact) mass is 419 g/mol. The van der Waals surface area contributed by atoms with Gasteiger partial charge in [-0.15, -0.1) is 12.1 Å². The van der Waals surface area contributed by atoms with Gasteiger partial charge in [0.2, 0.25) is 5.95 Å². The van der Waals surface area contributed by atoms with Gasteiger partial charge in [-0.25, -0.2) is 22.1 Å². The average Bonchev–Trinajstić information content (AvgIpc) is 3.53. The van der Waals surface area contributed by atoms with Crippen molar-refractivity contribution < 1.29 is 17.1 Å². The Balaban J connectivity index is 0.000000352. The number of aryl methyl sites for hydroxylation is 1. The Bertz CT molecular complexity index is 1020. The predicted octanol–water partition coefficient (Wildman–Crippen LogP) is 6.03. The molecule has 144 valence electrons. The van der Waals surface area contributed by atoms with Crippen molar-refractivity contribution in [2.24, 2.45) is 0 Å². The van der Waals surface area contributed by atoms with E-state index in [1.165, 1.54) is 5.56 Å². The fraction of sp³-hybridized carbons (Fsp3) is 0.0400. The quantitative estimate of drug-likeness (QED) is 0.264. The van der Waals surface area contributed by atoms with Crippen molar-refractivity contribution in [3.63, 3.8) is 0 Å². The van der Waals surface area contributed by atoms with Crippen molar-refractivity contribution in [3.05, 3.63) is 115 Å². The Labute approximate surface area is 181 Å². The van der Waals surface area contributed by atoms with Gasteiger partial charge < -0.3 is 0 Å². The maximum absolute atomic E-state index is 4.74. The Morgan fingerprint density at radius 1 is 0.828 bits per heavy atom. The summed E-state index contributed by atoms with van der Waals surface area (Å²) in [5.74, 6) is 0.685. The molecule has 29 heavy (non-hydrogen) atoms. The summed E-state index contributed by atoms with van der Waals surface area (Å²) in [4.78, 5) is 9.45. The molecule has 0 spiro atoms. The van der Waals surface area contributed by atoms with E-state index < -0.39 is 0 Å². The van der Waals surface area contributed by atoms with E-state index in [2.05, 4.69) is 43.3 Å². The Morgan fingerprint density at radius 3 is 2.07 bits per heavy atom. The first-order chi connectivity index (χ1) is 13.8. The van der Waals surface area contributed by atoms with Gasteiger partial charge in [0.1, 0.15) is 0 Å². The molecular weight excluding hydrogens is 398 g/mol. The Morgan fingerprint density at radius 2 is 1.48 bits per heavy atom. The molecule has 3 nitrogen and oxygen atoms in total. The molecule has 2 aromatic heterocycles. The molecule has 0 radical (unpaired) electrons. The SMILES string of the molecule is Cc1ccc(-c2cc(-[c-]3cccc3)nc(-n3cccc3)n2)cc1.[Fe+2].c1cc[cH-]c1. The van der Waals surface area contributed by atoms with Crippen LogP contribution in [-0.4, -0.2) is 14.5 Å². The third kappa shape index (κ3) is 5.20. The van der Waals surface area contributed by atoms with Gasteiger partial charge in [0.25, 0.3) is 0 Å². The van der Waals surface area contributed by atoms with Crippen LogP contribution in [0.15, 0.2) is 109 Å². The fourth-order valence-electron chi connectivity index (χ4n) is 2.90. The minimum absolute atomic E-state index is 0. The maximum Gasteiger partial charge on any atom is 2.00 e. The molecule has 0 saturated heterocycles. The second-order valence-corrected chi connectivity index (χ2v) is 6.53. The van der Waals surface area contributed by atoms with Crippen LogP contribution >= 0.6 is 0 Å². The molecule has 5 aromatic rings. The van der Waals surface area contributed by atoms with Crippen LogP contribution in [0.3, 0.4) is 0 Å². The van der Waals surface area contributed by atoms with Gasteiger partial charge in [0, 0.05) is 18.1 Å². The standard InChI is InChI=1S/C20H16N3.C5H5.Fe/c1-15-8-10-17(11-9-15)19-14-18(16-6-2-3-7-16)21-20(22-19)23-12-4-5-13-23;1-2-4-5-3-1;/h2-14H,1H3;1-5H;/q2*-1;+2. The van der Waals surface area contributed by atoms with E-state index in [-0.39, 0.29) is 17.1 Å². The van der Waals surface area contributed by atoms with Crippen LogP contribution in [0.5, 0.6) is 0 Å². The van der Waals surface area contributed by atoms with E-state index >= 15 is 0 Å². The summed E-state index contributed by atoms with van der Waals surface area (Å²) in [5.41, 5.74) is 5.31. The van der Waals surface area contributed by atoms with E-state index in [4.69, 9.17) is 9.97 Å². The summed E-state index contributed by atoms with van der Waals surface area (Å²) in [5, 5.41) is 0. The van der Waals surface area contributed by atoms with Crippen LogP contribution in [0.1, 0.15) is 5.56 Å². The average molecular weight is 419 g/mol. The number of hydrogen-bond acceptors (Lipinski definition) is 2. The normalized spacial score (nSPS) is 9.97. The molecule has 0 atom stereocenters. The number of aromatic nitrogens is 3. The van der Waals surface area contributed by atoms with Crippen LogP contribution in [0.2, 0.25) is 0 Å². The number of rotatable bonds is 3. The summed E-state index contributed by atoms with van der Waals surface area (Å²) in [6.07, 6.45) is 3.92. The van der Waals surface area contributed by atoms with Crippen molar-refractivity contribution in [2.75, 3.05) is 0 Å². The van der Waals surface area contributed by atoms with Crippen molar-refractivity contribution in [3.8, 4) is 28.5 Å². The first-order valence-corrected chi connectivity index (χ1v) is 9.28. The first kappa shape index (κ1) is 20.5. The van der Waals surface area contributed by atoms with E-state index in [1.54, 1.807) is 0 Å². The summed E-state index contributed by atoms with van der Waals surface area (Å²) >= 11 is 0. The van der Waals surface area contributed by atoms with Gasteiger partial charge in [-0.1, -0.05) is 41.5 Å². The van der Waals surface area contributed by atoms with Gasteiger partial charge in [0.05, 0.1) is 0 Å². The van der Waals surface area contributed by atoms with Gasteiger partial charge >= 0.3 is 17.1 Å². The molecule has 0 aliphatic rings. The van der Waals surface area contributed by atoms with E-state index in [1.807, 2.05) is 77.6 Å². The van der Waals surface area contributed by atoms with Crippen molar-refractivity contribution in [1.29, 1.82) is 0 Å². The molecule has 0 aliphatic heterocycles. The third-order valence-electron chi connectivity index (χ3n) is 4.41. The fourth-order valence-corrected chi connectivity index (χ4v) is 2.90.